The van der Waals surface area contributed by atoms with Crippen LogP contribution >= 0.6 is 15.9 Å². The van der Waals surface area contributed by atoms with Gasteiger partial charge in [-0.25, -0.2) is 0 Å². The van der Waals surface area contributed by atoms with Crippen LogP contribution in [0, 0.1) is 0 Å². The second-order valence-electron chi connectivity index (χ2n) is 6.13. The van der Waals surface area contributed by atoms with Crippen molar-refractivity contribution in [2.24, 2.45) is 0 Å². The van der Waals surface area contributed by atoms with E-state index in [0.29, 0.717) is 21.3 Å². The predicted octanol–water partition coefficient (Wildman–Crippen LogP) is 4.56. The number of rotatable bonds is 3. The van der Waals surface area contributed by atoms with E-state index in [9.17, 15) is 9.59 Å². The fraction of sp³-hybridized carbons (Fsp3) is 0.0476. The van der Waals surface area contributed by atoms with Crippen LogP contribution in [0.2, 0.25) is 0 Å². The van der Waals surface area contributed by atoms with E-state index < -0.39 is 0 Å². The molecule has 4 rings (SSSR count). The van der Waals surface area contributed by atoms with Gasteiger partial charge in [0.05, 0.1) is 29.6 Å². The van der Waals surface area contributed by atoms with Crippen LogP contribution in [0.15, 0.2) is 59.1 Å². The van der Waals surface area contributed by atoms with Gasteiger partial charge in [-0.1, -0.05) is 24.3 Å². The average molecular weight is 423 g/mol. The van der Waals surface area contributed by atoms with Gasteiger partial charge in [-0.3, -0.25) is 9.59 Å². The lowest BCUT2D eigenvalue weighted by molar-refractivity contribution is 0.0980. The molecule has 5 nitrogen and oxygen atoms in total. The van der Waals surface area contributed by atoms with Crippen molar-refractivity contribution in [2.75, 3.05) is 18.2 Å². The number of nitrogens with two attached hydrogens (primary N) is 1. The number of fused-ring (bicyclic) bond motifs is 2. The highest BCUT2D eigenvalue weighted by molar-refractivity contribution is 9.10. The van der Waals surface area contributed by atoms with Gasteiger partial charge in [-0.2, -0.15) is 0 Å². The summed E-state index contributed by atoms with van der Waals surface area (Å²) in [6.07, 6.45) is 0. The number of carbonyl (C=O) groups is 2. The third-order valence-electron chi connectivity index (χ3n) is 4.56. The van der Waals surface area contributed by atoms with Gasteiger partial charge in [0.2, 0.25) is 0 Å². The molecular formula is C21H15BrN2O3. The smallest absolute Gasteiger partial charge is 0.196 e. The Kier molecular flexibility index (Phi) is 4.20. The Hall–Kier alpha value is -3.12. The maximum Gasteiger partial charge on any atom is 0.196 e. The third-order valence-corrected chi connectivity index (χ3v) is 5.21. The minimum absolute atomic E-state index is 0.226. The Labute approximate surface area is 164 Å². The summed E-state index contributed by atoms with van der Waals surface area (Å²) < 4.78 is 5.72. The molecule has 27 heavy (non-hydrogen) atoms. The highest BCUT2D eigenvalue weighted by Gasteiger charge is 2.34. The number of nitrogens with one attached hydrogen (secondary N) is 1. The van der Waals surface area contributed by atoms with Gasteiger partial charge in [-0.15, -0.1) is 0 Å². The van der Waals surface area contributed by atoms with Crippen molar-refractivity contribution < 1.29 is 14.3 Å². The first-order chi connectivity index (χ1) is 13.0. The number of hydrogen-bond donors (Lipinski definition) is 2. The van der Waals surface area contributed by atoms with E-state index in [1.165, 1.54) is 0 Å². The highest BCUT2D eigenvalue weighted by Crippen LogP contribution is 2.40. The molecule has 0 atom stereocenters. The fourth-order valence-electron chi connectivity index (χ4n) is 3.21. The molecule has 0 radical (unpaired) electrons. The van der Waals surface area contributed by atoms with Gasteiger partial charge in [0.15, 0.2) is 11.6 Å². The average Bonchev–Trinajstić information content (AvgIpc) is 2.69. The molecule has 3 N–H and O–H groups in total. The van der Waals surface area contributed by atoms with E-state index in [1.807, 2.05) is 24.3 Å². The van der Waals surface area contributed by atoms with Crippen LogP contribution in [-0.4, -0.2) is 18.7 Å². The zero-order chi connectivity index (χ0) is 19.1. The van der Waals surface area contributed by atoms with Crippen LogP contribution in [0.1, 0.15) is 31.8 Å². The molecule has 3 aromatic carbocycles. The molecule has 1 aliphatic carbocycles. The molecule has 0 amide bonds. The Morgan fingerprint density at radius 3 is 2.11 bits per heavy atom. The van der Waals surface area contributed by atoms with Gasteiger partial charge < -0.3 is 15.8 Å². The summed E-state index contributed by atoms with van der Waals surface area (Å²) in [5.41, 5.74) is 8.95. The van der Waals surface area contributed by atoms with Gasteiger partial charge in [0, 0.05) is 21.3 Å². The van der Waals surface area contributed by atoms with E-state index in [0.717, 1.165) is 11.4 Å². The van der Waals surface area contributed by atoms with Crippen molar-refractivity contribution in [3.05, 3.63) is 81.3 Å². The van der Waals surface area contributed by atoms with Crippen LogP contribution in [0.5, 0.6) is 5.75 Å². The molecule has 0 spiro atoms. The summed E-state index contributed by atoms with van der Waals surface area (Å²) >= 11 is 3.40. The molecular weight excluding hydrogens is 408 g/mol. The van der Waals surface area contributed by atoms with E-state index >= 15 is 0 Å². The normalized spacial score (nSPS) is 12.4. The monoisotopic (exact) mass is 422 g/mol. The van der Waals surface area contributed by atoms with E-state index in [2.05, 4.69) is 21.2 Å². The molecule has 0 unspecified atom stereocenters. The molecule has 0 aliphatic heterocycles. The largest absolute Gasteiger partial charge is 0.497 e. The van der Waals surface area contributed by atoms with Gasteiger partial charge in [-0.05, 0) is 46.3 Å². The number of anilines is 3. The first-order valence-corrected chi connectivity index (χ1v) is 9.02. The van der Waals surface area contributed by atoms with Crippen molar-refractivity contribution in [2.45, 2.75) is 0 Å². The number of benzene rings is 3. The Bertz CT molecular complexity index is 1090. The summed E-state index contributed by atoms with van der Waals surface area (Å²) in [5, 5.41) is 3.22. The zero-order valence-corrected chi connectivity index (χ0v) is 16.0. The van der Waals surface area contributed by atoms with Crippen molar-refractivity contribution in [1.29, 1.82) is 0 Å². The quantitative estimate of drug-likeness (QED) is 0.473. The van der Waals surface area contributed by atoms with E-state index in [1.54, 1.807) is 37.4 Å². The van der Waals surface area contributed by atoms with Crippen LogP contribution in [0.25, 0.3) is 0 Å². The Balaban J connectivity index is 1.88. The highest BCUT2D eigenvalue weighted by atomic mass is 79.9. The van der Waals surface area contributed by atoms with Gasteiger partial charge >= 0.3 is 0 Å². The van der Waals surface area contributed by atoms with Crippen molar-refractivity contribution in [3.8, 4) is 5.75 Å². The number of ether oxygens (including phenoxy) is 1. The maximum absolute atomic E-state index is 13.1. The lowest BCUT2D eigenvalue weighted by Crippen LogP contribution is -2.23. The summed E-state index contributed by atoms with van der Waals surface area (Å²) in [5.74, 6) is 0.244. The van der Waals surface area contributed by atoms with E-state index in [-0.39, 0.29) is 28.4 Å². The number of hydrogen-bond acceptors (Lipinski definition) is 5. The minimum atomic E-state index is -0.253. The molecule has 0 saturated carbocycles. The molecule has 0 fully saturated rings. The predicted molar refractivity (Wildman–Crippen MR) is 108 cm³/mol. The number of nitrogen functional groups attached to an aromatic ring is 1. The van der Waals surface area contributed by atoms with Crippen LogP contribution < -0.4 is 15.8 Å². The summed E-state index contributed by atoms with van der Waals surface area (Å²) in [6, 6.07) is 15.8. The van der Waals surface area contributed by atoms with Gasteiger partial charge in [0.25, 0.3) is 0 Å². The molecule has 0 saturated heterocycles. The standard InChI is InChI=1S/C21H15BrN2O3/c1-27-12-8-6-11(7-9-12)24-16-10-15(22)19(23)18-17(16)20(25)13-4-2-3-5-14(13)21(18)26/h2-10,24H,23H2,1H3. The summed E-state index contributed by atoms with van der Waals surface area (Å²) in [4.78, 5) is 26.2. The second kappa shape index (κ2) is 6.55. The Morgan fingerprint density at radius 2 is 1.52 bits per heavy atom. The van der Waals surface area contributed by atoms with E-state index in [4.69, 9.17) is 10.5 Å². The number of methoxy groups -OCH3 is 1. The molecule has 134 valence electrons. The SMILES string of the molecule is COc1ccc(Nc2cc(Br)c(N)c3c2C(=O)c2ccccc2C3=O)cc1. The Morgan fingerprint density at radius 1 is 0.926 bits per heavy atom. The second-order valence-corrected chi connectivity index (χ2v) is 6.98. The summed E-state index contributed by atoms with van der Waals surface area (Å²) in [7, 11) is 1.59. The minimum Gasteiger partial charge on any atom is -0.497 e. The lowest BCUT2D eigenvalue weighted by atomic mass is 9.82. The molecule has 0 aromatic heterocycles. The molecule has 6 heteroatoms. The number of carbonyl (C=O) groups excluding carboxylic acids is 2. The topological polar surface area (TPSA) is 81.4 Å². The lowest BCUT2D eigenvalue weighted by Gasteiger charge is -2.23. The van der Waals surface area contributed by atoms with Crippen LogP contribution in [0.3, 0.4) is 0 Å². The van der Waals surface area contributed by atoms with Crippen molar-refractivity contribution in [1.82, 2.24) is 0 Å². The van der Waals surface area contributed by atoms with Crippen LogP contribution in [0.4, 0.5) is 17.1 Å². The zero-order valence-electron chi connectivity index (χ0n) is 14.4. The third kappa shape index (κ3) is 2.78. The maximum atomic E-state index is 13.1. The van der Waals surface area contributed by atoms with Gasteiger partial charge in [0.1, 0.15) is 5.75 Å². The van der Waals surface area contributed by atoms with Crippen molar-refractivity contribution in [3.63, 3.8) is 0 Å². The number of ketones is 2. The fourth-order valence-corrected chi connectivity index (χ4v) is 3.64. The van der Waals surface area contributed by atoms with Crippen molar-refractivity contribution >= 4 is 44.6 Å². The van der Waals surface area contributed by atoms with Crippen LogP contribution in [-0.2, 0) is 0 Å². The molecule has 1 aliphatic rings. The summed E-state index contributed by atoms with van der Waals surface area (Å²) in [6.45, 7) is 0. The first kappa shape index (κ1) is 17.3. The molecule has 0 bridgehead atoms. The first-order valence-electron chi connectivity index (χ1n) is 8.22. The number of halogens is 1. The molecule has 0 heterocycles. The molecule has 3 aromatic rings.